The van der Waals surface area contributed by atoms with Crippen molar-refractivity contribution in [2.45, 2.75) is 6.92 Å². The second kappa shape index (κ2) is 5.50. The quantitative estimate of drug-likeness (QED) is 0.780. The summed E-state index contributed by atoms with van der Waals surface area (Å²) in [5.74, 6) is 0.906. The average molecular weight is 327 g/mol. The van der Waals surface area contributed by atoms with Gasteiger partial charge in [0, 0.05) is 16.7 Å². The molecule has 1 aromatic carbocycles. The van der Waals surface area contributed by atoms with Gasteiger partial charge in [-0.2, -0.15) is 0 Å². The second-order valence-corrected chi connectivity index (χ2v) is 4.99. The summed E-state index contributed by atoms with van der Waals surface area (Å²) in [6, 6.07) is 6.89. The fourth-order valence-electron chi connectivity index (χ4n) is 1.44. The van der Waals surface area contributed by atoms with Gasteiger partial charge in [-0.15, -0.1) is 0 Å². The van der Waals surface area contributed by atoms with E-state index in [1.807, 2.05) is 0 Å². The van der Waals surface area contributed by atoms with Crippen LogP contribution < -0.4 is 4.74 Å². The lowest BCUT2D eigenvalue weighted by Gasteiger charge is -2.09. The summed E-state index contributed by atoms with van der Waals surface area (Å²) in [5, 5.41) is 0.481. The van der Waals surface area contributed by atoms with E-state index in [4.69, 9.17) is 16.3 Å². The third kappa shape index (κ3) is 3.09. The number of carbonyl (C=O) groups is 1. The molecule has 1 heterocycles. The minimum atomic E-state index is -0.0683. The summed E-state index contributed by atoms with van der Waals surface area (Å²) < 4.78 is 6.44. The van der Waals surface area contributed by atoms with Crippen LogP contribution in [0, 0.1) is 0 Å². The van der Waals surface area contributed by atoms with Crippen LogP contribution >= 0.6 is 27.5 Å². The predicted molar refractivity (Wildman–Crippen MR) is 73.5 cm³/mol. The number of ether oxygens (including phenoxy) is 1. The molecule has 3 nitrogen and oxygen atoms in total. The fourth-order valence-corrected chi connectivity index (χ4v) is 1.97. The van der Waals surface area contributed by atoms with Crippen LogP contribution in [0.1, 0.15) is 17.3 Å². The molecule has 5 heteroatoms. The molecular formula is C13H9BrClNO2. The first-order chi connectivity index (χ1) is 8.56. The zero-order chi connectivity index (χ0) is 13.1. The SMILES string of the molecule is CC(=O)c1cc(Br)ccc1Oc1cncc(Cl)c1. The Kier molecular flexibility index (Phi) is 3.99. The van der Waals surface area contributed by atoms with E-state index in [9.17, 15) is 4.79 Å². The van der Waals surface area contributed by atoms with E-state index in [-0.39, 0.29) is 5.78 Å². The Morgan fingerprint density at radius 2 is 2.11 bits per heavy atom. The molecule has 0 saturated heterocycles. The van der Waals surface area contributed by atoms with Gasteiger partial charge >= 0.3 is 0 Å². The fraction of sp³-hybridized carbons (Fsp3) is 0.0769. The molecule has 0 radical (unpaired) electrons. The highest BCUT2D eigenvalue weighted by atomic mass is 79.9. The average Bonchev–Trinajstić information content (AvgIpc) is 2.31. The predicted octanol–water partition coefficient (Wildman–Crippen LogP) is 4.49. The van der Waals surface area contributed by atoms with Gasteiger partial charge in [0.1, 0.15) is 11.5 Å². The molecule has 2 rings (SSSR count). The zero-order valence-corrected chi connectivity index (χ0v) is 11.8. The van der Waals surface area contributed by atoms with Gasteiger partial charge in [0.05, 0.1) is 16.8 Å². The number of rotatable bonds is 3. The molecule has 0 fully saturated rings. The van der Waals surface area contributed by atoms with Gasteiger partial charge < -0.3 is 4.74 Å². The van der Waals surface area contributed by atoms with Crippen molar-refractivity contribution >= 4 is 33.3 Å². The molecule has 1 aromatic heterocycles. The third-order valence-corrected chi connectivity index (χ3v) is 2.93. The number of ketones is 1. The lowest BCUT2D eigenvalue weighted by Crippen LogP contribution is -1.97. The van der Waals surface area contributed by atoms with Gasteiger partial charge in [0.15, 0.2) is 5.78 Å². The third-order valence-electron chi connectivity index (χ3n) is 2.23. The maximum Gasteiger partial charge on any atom is 0.163 e. The van der Waals surface area contributed by atoms with Crippen molar-refractivity contribution in [1.82, 2.24) is 4.98 Å². The number of pyridine rings is 1. The number of aromatic nitrogens is 1. The van der Waals surface area contributed by atoms with Crippen LogP contribution in [-0.4, -0.2) is 10.8 Å². The normalized spacial score (nSPS) is 10.2. The number of Topliss-reactive ketones (excluding diaryl/α,β-unsaturated/α-hetero) is 1. The smallest absolute Gasteiger partial charge is 0.163 e. The van der Waals surface area contributed by atoms with Gasteiger partial charge in [-0.3, -0.25) is 9.78 Å². The van der Waals surface area contributed by atoms with Crippen molar-refractivity contribution in [3.63, 3.8) is 0 Å². The summed E-state index contributed by atoms with van der Waals surface area (Å²) in [6.45, 7) is 1.49. The van der Waals surface area contributed by atoms with Crippen LogP contribution in [-0.2, 0) is 0 Å². The molecule has 0 unspecified atom stereocenters. The van der Waals surface area contributed by atoms with Crippen molar-refractivity contribution in [2.75, 3.05) is 0 Å². The molecule has 0 aliphatic carbocycles. The molecule has 0 spiro atoms. The molecule has 18 heavy (non-hydrogen) atoms. The van der Waals surface area contributed by atoms with Gasteiger partial charge in [-0.05, 0) is 25.1 Å². The van der Waals surface area contributed by atoms with Crippen LogP contribution in [0.2, 0.25) is 5.02 Å². The van der Waals surface area contributed by atoms with Crippen LogP contribution in [0.4, 0.5) is 0 Å². The lowest BCUT2D eigenvalue weighted by atomic mass is 10.1. The van der Waals surface area contributed by atoms with E-state index in [2.05, 4.69) is 20.9 Å². The zero-order valence-electron chi connectivity index (χ0n) is 9.48. The van der Waals surface area contributed by atoms with Gasteiger partial charge in [0.2, 0.25) is 0 Å². The molecule has 0 saturated carbocycles. The van der Waals surface area contributed by atoms with E-state index in [1.165, 1.54) is 19.3 Å². The molecule has 0 amide bonds. The maximum absolute atomic E-state index is 11.5. The van der Waals surface area contributed by atoms with Crippen LogP contribution in [0.5, 0.6) is 11.5 Å². The van der Waals surface area contributed by atoms with Crippen molar-refractivity contribution in [3.8, 4) is 11.5 Å². The topological polar surface area (TPSA) is 39.2 Å². The molecule has 0 bridgehead atoms. The highest BCUT2D eigenvalue weighted by Gasteiger charge is 2.10. The maximum atomic E-state index is 11.5. The summed E-state index contributed by atoms with van der Waals surface area (Å²) >= 11 is 9.14. The molecule has 0 aliphatic rings. The minimum Gasteiger partial charge on any atom is -0.455 e. The Hall–Kier alpha value is -1.39. The first-order valence-electron chi connectivity index (χ1n) is 5.15. The minimum absolute atomic E-state index is 0.0683. The molecule has 0 N–H and O–H groups in total. The van der Waals surface area contributed by atoms with E-state index in [0.29, 0.717) is 22.1 Å². The molecule has 0 aliphatic heterocycles. The first-order valence-corrected chi connectivity index (χ1v) is 6.32. The Balaban J connectivity index is 2.37. The highest BCUT2D eigenvalue weighted by molar-refractivity contribution is 9.10. The lowest BCUT2D eigenvalue weighted by molar-refractivity contribution is 0.101. The largest absolute Gasteiger partial charge is 0.455 e. The molecular weight excluding hydrogens is 318 g/mol. The van der Waals surface area contributed by atoms with Crippen LogP contribution in [0.25, 0.3) is 0 Å². The Morgan fingerprint density at radius 3 is 2.78 bits per heavy atom. The monoisotopic (exact) mass is 325 g/mol. The van der Waals surface area contributed by atoms with Crippen LogP contribution in [0.3, 0.4) is 0 Å². The van der Waals surface area contributed by atoms with Gasteiger partial charge in [-0.1, -0.05) is 27.5 Å². The van der Waals surface area contributed by atoms with E-state index < -0.39 is 0 Å². The Morgan fingerprint density at radius 1 is 1.33 bits per heavy atom. The Bertz CT molecular complexity index is 601. The molecule has 2 aromatic rings. The Labute approximate surface area is 118 Å². The number of benzene rings is 1. The molecule has 92 valence electrons. The number of hydrogen-bond donors (Lipinski definition) is 0. The van der Waals surface area contributed by atoms with Crippen LogP contribution in [0.15, 0.2) is 41.1 Å². The number of carbonyl (C=O) groups excluding carboxylic acids is 1. The first kappa shape index (κ1) is 13.1. The summed E-state index contributed by atoms with van der Waals surface area (Å²) in [4.78, 5) is 15.5. The number of hydrogen-bond acceptors (Lipinski definition) is 3. The van der Waals surface area contributed by atoms with Crippen molar-refractivity contribution in [3.05, 3.63) is 51.7 Å². The molecule has 0 atom stereocenters. The number of nitrogens with zero attached hydrogens (tertiary/aromatic N) is 1. The van der Waals surface area contributed by atoms with Gasteiger partial charge in [-0.25, -0.2) is 0 Å². The standard InChI is InChI=1S/C13H9BrClNO2/c1-8(17)12-4-9(14)2-3-13(12)18-11-5-10(15)6-16-7-11/h2-7H,1H3. The van der Waals surface area contributed by atoms with E-state index in [1.54, 1.807) is 24.3 Å². The summed E-state index contributed by atoms with van der Waals surface area (Å²) in [7, 11) is 0. The summed E-state index contributed by atoms with van der Waals surface area (Å²) in [6.07, 6.45) is 3.06. The van der Waals surface area contributed by atoms with Gasteiger partial charge in [0.25, 0.3) is 0 Å². The highest BCUT2D eigenvalue weighted by Crippen LogP contribution is 2.29. The van der Waals surface area contributed by atoms with Crippen molar-refractivity contribution < 1.29 is 9.53 Å². The van der Waals surface area contributed by atoms with Crippen molar-refractivity contribution in [1.29, 1.82) is 0 Å². The summed E-state index contributed by atoms with van der Waals surface area (Å²) in [5.41, 5.74) is 0.504. The van der Waals surface area contributed by atoms with E-state index in [0.717, 1.165) is 4.47 Å². The second-order valence-electron chi connectivity index (χ2n) is 3.64. The number of halogens is 2. The van der Waals surface area contributed by atoms with E-state index >= 15 is 0 Å². The van der Waals surface area contributed by atoms with Crippen molar-refractivity contribution in [2.24, 2.45) is 0 Å².